The SMILES string of the molecule is COc1cc(CN[C@H]2CCCN(C(=O)OC(C)(C)C)C2)cc(Cl)n1. The molecule has 0 aliphatic carbocycles. The maximum atomic E-state index is 12.2. The Hall–Kier alpha value is -1.53. The lowest BCUT2D eigenvalue weighted by Gasteiger charge is -2.34. The molecule has 2 rings (SSSR count). The van der Waals surface area contributed by atoms with Gasteiger partial charge in [-0.2, -0.15) is 0 Å². The predicted molar refractivity (Wildman–Crippen MR) is 93.5 cm³/mol. The van der Waals surface area contributed by atoms with E-state index in [0.29, 0.717) is 24.1 Å². The highest BCUT2D eigenvalue weighted by atomic mass is 35.5. The molecule has 1 aromatic heterocycles. The molecule has 1 amide bonds. The van der Waals surface area contributed by atoms with E-state index < -0.39 is 5.60 Å². The second-order valence-corrected chi connectivity index (χ2v) is 7.37. The molecule has 0 radical (unpaired) electrons. The molecule has 1 aromatic rings. The van der Waals surface area contributed by atoms with E-state index >= 15 is 0 Å². The first-order chi connectivity index (χ1) is 11.3. The lowest BCUT2D eigenvalue weighted by Crippen LogP contribution is -2.49. The number of carbonyl (C=O) groups excluding carboxylic acids is 1. The molecule has 134 valence electrons. The first-order valence-electron chi connectivity index (χ1n) is 8.18. The van der Waals surface area contributed by atoms with Gasteiger partial charge in [-0.3, -0.25) is 0 Å². The maximum absolute atomic E-state index is 12.2. The minimum Gasteiger partial charge on any atom is -0.481 e. The van der Waals surface area contributed by atoms with E-state index in [2.05, 4.69) is 10.3 Å². The van der Waals surface area contributed by atoms with Gasteiger partial charge in [-0.05, 0) is 45.2 Å². The van der Waals surface area contributed by atoms with Crippen molar-refractivity contribution in [2.75, 3.05) is 20.2 Å². The van der Waals surface area contributed by atoms with Gasteiger partial charge in [-0.25, -0.2) is 9.78 Å². The van der Waals surface area contributed by atoms with E-state index in [4.69, 9.17) is 21.1 Å². The summed E-state index contributed by atoms with van der Waals surface area (Å²) in [5.41, 5.74) is 0.531. The fourth-order valence-corrected chi connectivity index (χ4v) is 2.85. The van der Waals surface area contributed by atoms with E-state index in [1.54, 1.807) is 12.0 Å². The Balaban J connectivity index is 1.89. The number of nitrogens with zero attached hydrogens (tertiary/aromatic N) is 2. The number of amides is 1. The van der Waals surface area contributed by atoms with Crippen LogP contribution >= 0.6 is 11.6 Å². The van der Waals surface area contributed by atoms with Crippen LogP contribution < -0.4 is 10.1 Å². The zero-order valence-corrected chi connectivity index (χ0v) is 15.5. The van der Waals surface area contributed by atoms with Crippen molar-refractivity contribution in [3.63, 3.8) is 0 Å². The third-order valence-corrected chi connectivity index (χ3v) is 3.90. The average molecular weight is 356 g/mol. The first kappa shape index (κ1) is 18.8. The Morgan fingerprint density at radius 3 is 2.88 bits per heavy atom. The number of piperidine rings is 1. The van der Waals surface area contributed by atoms with Crippen LogP contribution in [0.1, 0.15) is 39.2 Å². The molecule has 6 nitrogen and oxygen atoms in total. The molecule has 1 aliphatic rings. The van der Waals surface area contributed by atoms with Crippen molar-refractivity contribution >= 4 is 17.7 Å². The van der Waals surface area contributed by atoms with Crippen molar-refractivity contribution in [1.29, 1.82) is 0 Å². The fraction of sp³-hybridized carbons (Fsp3) is 0.647. The maximum Gasteiger partial charge on any atom is 0.410 e. The molecule has 0 bridgehead atoms. The summed E-state index contributed by atoms with van der Waals surface area (Å²) in [5.74, 6) is 0.498. The molecule has 1 fully saturated rings. The van der Waals surface area contributed by atoms with E-state index in [9.17, 15) is 4.79 Å². The number of likely N-dealkylation sites (tertiary alicyclic amines) is 1. The topological polar surface area (TPSA) is 63.7 Å². The number of aromatic nitrogens is 1. The third kappa shape index (κ3) is 5.83. The largest absolute Gasteiger partial charge is 0.481 e. The summed E-state index contributed by atoms with van der Waals surface area (Å²) >= 11 is 5.99. The summed E-state index contributed by atoms with van der Waals surface area (Å²) in [7, 11) is 1.57. The molecule has 24 heavy (non-hydrogen) atoms. The fourth-order valence-electron chi connectivity index (χ4n) is 2.63. The Labute approximate surface area is 148 Å². The number of ether oxygens (including phenoxy) is 2. The monoisotopic (exact) mass is 355 g/mol. The van der Waals surface area contributed by atoms with Crippen LogP contribution in [0.2, 0.25) is 5.15 Å². The smallest absolute Gasteiger partial charge is 0.410 e. The second-order valence-electron chi connectivity index (χ2n) is 6.99. The van der Waals surface area contributed by atoms with Crippen LogP contribution in [-0.4, -0.2) is 47.8 Å². The highest BCUT2D eigenvalue weighted by Gasteiger charge is 2.27. The first-order valence-corrected chi connectivity index (χ1v) is 8.56. The number of nitrogens with one attached hydrogen (secondary N) is 1. The van der Waals surface area contributed by atoms with Crippen molar-refractivity contribution < 1.29 is 14.3 Å². The quantitative estimate of drug-likeness (QED) is 0.840. The van der Waals surface area contributed by atoms with Gasteiger partial charge in [0.1, 0.15) is 10.8 Å². The Kier molecular flexibility index (Phi) is 6.29. The molecule has 1 aliphatic heterocycles. The molecular formula is C17H26ClN3O3. The van der Waals surface area contributed by atoms with Crippen LogP contribution in [0.25, 0.3) is 0 Å². The van der Waals surface area contributed by atoms with Gasteiger partial charge < -0.3 is 19.7 Å². The molecule has 1 N–H and O–H groups in total. The van der Waals surface area contributed by atoms with Crippen molar-refractivity contribution in [2.24, 2.45) is 0 Å². The highest BCUT2D eigenvalue weighted by molar-refractivity contribution is 6.29. The molecule has 0 aromatic carbocycles. The van der Waals surface area contributed by atoms with Gasteiger partial charge >= 0.3 is 6.09 Å². The molecule has 7 heteroatoms. The van der Waals surface area contributed by atoms with Crippen molar-refractivity contribution in [2.45, 2.75) is 51.8 Å². The van der Waals surface area contributed by atoms with E-state index in [-0.39, 0.29) is 12.1 Å². The summed E-state index contributed by atoms with van der Waals surface area (Å²) in [6, 6.07) is 3.89. The number of halogens is 1. The van der Waals surface area contributed by atoms with Crippen LogP contribution in [0.3, 0.4) is 0 Å². The summed E-state index contributed by atoms with van der Waals surface area (Å²) in [6.45, 7) is 7.67. The molecule has 1 atom stereocenters. The molecule has 2 heterocycles. The van der Waals surface area contributed by atoms with Gasteiger partial charge in [0.15, 0.2) is 0 Å². The molecule has 0 spiro atoms. The zero-order valence-electron chi connectivity index (χ0n) is 14.8. The standard InChI is InChI=1S/C17H26ClN3O3/c1-17(2,3)24-16(22)21-7-5-6-13(11-21)19-10-12-8-14(18)20-15(9-12)23-4/h8-9,13,19H,5-7,10-11H2,1-4H3/t13-/m0/s1. The number of carbonyl (C=O) groups is 1. The number of hydrogen-bond donors (Lipinski definition) is 1. The van der Waals surface area contributed by atoms with Crippen LogP contribution in [-0.2, 0) is 11.3 Å². The Morgan fingerprint density at radius 2 is 2.21 bits per heavy atom. The molecular weight excluding hydrogens is 330 g/mol. The number of methoxy groups -OCH3 is 1. The van der Waals surface area contributed by atoms with Crippen LogP contribution in [0.5, 0.6) is 5.88 Å². The second kappa shape index (κ2) is 8.03. The van der Waals surface area contributed by atoms with Crippen LogP contribution in [0.4, 0.5) is 4.79 Å². The van der Waals surface area contributed by atoms with Gasteiger partial charge in [0.2, 0.25) is 5.88 Å². The summed E-state index contributed by atoms with van der Waals surface area (Å²) < 4.78 is 10.6. The van der Waals surface area contributed by atoms with E-state index in [1.165, 1.54) is 0 Å². The van der Waals surface area contributed by atoms with Crippen molar-refractivity contribution in [3.8, 4) is 5.88 Å². The summed E-state index contributed by atoms with van der Waals surface area (Å²) in [6.07, 6.45) is 1.73. The van der Waals surface area contributed by atoms with Gasteiger partial charge in [-0.1, -0.05) is 11.6 Å². The van der Waals surface area contributed by atoms with Gasteiger partial charge in [-0.15, -0.1) is 0 Å². The van der Waals surface area contributed by atoms with Crippen molar-refractivity contribution in [1.82, 2.24) is 15.2 Å². The average Bonchev–Trinajstić information content (AvgIpc) is 2.51. The van der Waals surface area contributed by atoms with Gasteiger partial charge in [0.25, 0.3) is 0 Å². The molecule has 0 saturated carbocycles. The summed E-state index contributed by atoms with van der Waals surface area (Å²) in [5, 5.41) is 3.88. The van der Waals surface area contributed by atoms with Crippen LogP contribution in [0, 0.1) is 0 Å². The summed E-state index contributed by atoms with van der Waals surface area (Å²) in [4.78, 5) is 18.0. The van der Waals surface area contributed by atoms with E-state index in [1.807, 2.05) is 32.9 Å². The van der Waals surface area contributed by atoms with Crippen molar-refractivity contribution in [3.05, 3.63) is 22.8 Å². The van der Waals surface area contributed by atoms with E-state index in [0.717, 1.165) is 24.9 Å². The predicted octanol–water partition coefficient (Wildman–Crippen LogP) is 3.23. The highest BCUT2D eigenvalue weighted by Crippen LogP contribution is 2.18. The van der Waals surface area contributed by atoms with Gasteiger partial charge in [0, 0.05) is 31.7 Å². The Bertz CT molecular complexity index is 575. The lowest BCUT2D eigenvalue weighted by atomic mass is 10.1. The minimum atomic E-state index is -0.470. The number of rotatable bonds is 4. The normalized spacial score (nSPS) is 18.4. The van der Waals surface area contributed by atoms with Gasteiger partial charge in [0.05, 0.1) is 7.11 Å². The third-order valence-electron chi connectivity index (χ3n) is 3.71. The van der Waals surface area contributed by atoms with Crippen LogP contribution in [0.15, 0.2) is 12.1 Å². The number of pyridine rings is 1. The number of hydrogen-bond acceptors (Lipinski definition) is 5. The lowest BCUT2D eigenvalue weighted by molar-refractivity contribution is 0.0187. The molecule has 1 saturated heterocycles. The Morgan fingerprint density at radius 1 is 1.46 bits per heavy atom. The zero-order chi connectivity index (χ0) is 17.7. The molecule has 0 unspecified atom stereocenters. The minimum absolute atomic E-state index is 0.226.